The molecule has 0 radical (unpaired) electrons. The van der Waals surface area contributed by atoms with Crippen LogP contribution in [0.3, 0.4) is 0 Å². The Labute approximate surface area is 173 Å². The fourth-order valence-electron chi connectivity index (χ4n) is 3.14. The van der Waals surface area contributed by atoms with Crippen molar-refractivity contribution in [1.29, 1.82) is 0 Å². The van der Waals surface area contributed by atoms with Crippen molar-refractivity contribution >= 4 is 32.1 Å². The molecule has 2 N–H and O–H groups in total. The molecule has 0 aliphatic rings. The van der Waals surface area contributed by atoms with Gasteiger partial charge in [-0.25, -0.2) is 23.5 Å². The molecule has 13 heteroatoms. The minimum atomic E-state index is -5.09. The van der Waals surface area contributed by atoms with Gasteiger partial charge >= 0.3 is 6.36 Å². The fraction of sp³-hybridized carbons (Fsp3) is 0.167. The first-order chi connectivity index (χ1) is 14.5. The minimum Gasteiger partial charge on any atom is -0.481 e. The lowest BCUT2D eigenvalue weighted by Crippen LogP contribution is -2.21. The van der Waals surface area contributed by atoms with E-state index in [0.29, 0.717) is 33.5 Å². The third-order valence-corrected chi connectivity index (χ3v) is 5.33. The quantitative estimate of drug-likeness (QED) is 0.493. The van der Waals surface area contributed by atoms with Crippen LogP contribution < -0.4 is 14.6 Å². The van der Waals surface area contributed by atoms with Crippen molar-refractivity contribution < 1.29 is 31.1 Å². The fourth-order valence-corrected chi connectivity index (χ4v) is 3.78. The van der Waals surface area contributed by atoms with E-state index in [4.69, 9.17) is 9.88 Å². The summed E-state index contributed by atoms with van der Waals surface area (Å²) in [5.41, 5.74) is 1.93. The molecule has 3 aromatic heterocycles. The first-order valence-electron chi connectivity index (χ1n) is 8.61. The smallest absolute Gasteiger partial charge is 0.481 e. The predicted octanol–water partition coefficient (Wildman–Crippen LogP) is 2.58. The van der Waals surface area contributed by atoms with Gasteiger partial charge in [-0.1, -0.05) is 6.07 Å². The predicted molar refractivity (Wildman–Crippen MR) is 103 cm³/mol. The van der Waals surface area contributed by atoms with Crippen molar-refractivity contribution in [3.8, 4) is 11.6 Å². The van der Waals surface area contributed by atoms with Gasteiger partial charge in [0.25, 0.3) is 0 Å². The average molecular weight is 453 g/mol. The number of rotatable bonds is 5. The van der Waals surface area contributed by atoms with Gasteiger partial charge in [-0.3, -0.25) is 0 Å². The molecule has 1 aromatic carbocycles. The lowest BCUT2D eigenvalue weighted by atomic mass is 10.2. The van der Waals surface area contributed by atoms with Gasteiger partial charge in [0.05, 0.1) is 25.2 Å². The number of methoxy groups -OCH3 is 1. The molecule has 0 atom stereocenters. The van der Waals surface area contributed by atoms with Crippen LogP contribution in [0.15, 0.2) is 47.8 Å². The Balaban J connectivity index is 1.80. The Bertz CT molecular complexity index is 1400. The molecule has 0 amide bonds. The number of alkyl halides is 3. The summed E-state index contributed by atoms with van der Waals surface area (Å²) in [5, 5.41) is 5.66. The zero-order valence-electron chi connectivity index (χ0n) is 15.8. The summed E-state index contributed by atoms with van der Waals surface area (Å²) in [6, 6.07) is 6.69. The highest BCUT2D eigenvalue weighted by atomic mass is 32.2. The number of imidazole rings is 1. The minimum absolute atomic E-state index is 0.0702. The van der Waals surface area contributed by atoms with Crippen molar-refractivity contribution in [3.63, 3.8) is 0 Å². The van der Waals surface area contributed by atoms with E-state index in [1.165, 1.54) is 25.7 Å². The Morgan fingerprint density at radius 2 is 1.94 bits per heavy atom. The molecule has 4 rings (SSSR count). The summed E-state index contributed by atoms with van der Waals surface area (Å²) in [6.07, 6.45) is -2.08. The molecular weight excluding hydrogens is 439 g/mol. The van der Waals surface area contributed by atoms with Crippen molar-refractivity contribution in [1.82, 2.24) is 19.5 Å². The second-order valence-corrected chi connectivity index (χ2v) is 7.99. The molecule has 0 spiro atoms. The maximum absolute atomic E-state index is 12.8. The molecular formula is C18H14F3N5O4S. The molecule has 3 heterocycles. The Morgan fingerprint density at radius 1 is 1.16 bits per heavy atom. The van der Waals surface area contributed by atoms with E-state index in [1.54, 1.807) is 16.7 Å². The van der Waals surface area contributed by atoms with Crippen molar-refractivity contribution in [3.05, 3.63) is 48.4 Å². The number of nitrogens with zero attached hydrogens (tertiary/aromatic N) is 4. The summed E-state index contributed by atoms with van der Waals surface area (Å²) in [6.45, 7) is 0.0702. The van der Waals surface area contributed by atoms with Crippen molar-refractivity contribution in [2.24, 2.45) is 5.14 Å². The number of pyridine rings is 2. The standard InChI is InChI=1S/C18H14F3N5O4S/c1-29-15-5-3-11-16-12(7-23-17(11)25-15)24-9-26(16)8-10-2-4-14(31(22,27)28)13(6-10)30-18(19,20)21/h2-7,9H,8H2,1H3,(H2,22,27,28). The number of hydrogen-bond donors (Lipinski definition) is 1. The van der Waals surface area contributed by atoms with Crippen LogP contribution in [0.2, 0.25) is 0 Å². The number of hydrogen-bond acceptors (Lipinski definition) is 7. The SMILES string of the molecule is COc1ccc2c(ncc3ncn(Cc4ccc(S(N)(=O)=O)c(OC(F)(F)F)c4)c32)n1. The number of aromatic nitrogens is 4. The molecule has 0 unspecified atom stereocenters. The van der Waals surface area contributed by atoms with Crippen LogP contribution in [0.25, 0.3) is 22.1 Å². The topological polar surface area (TPSA) is 122 Å². The third-order valence-electron chi connectivity index (χ3n) is 4.38. The van der Waals surface area contributed by atoms with Gasteiger partial charge in [0.2, 0.25) is 15.9 Å². The molecule has 0 aliphatic heterocycles. The molecule has 4 aromatic rings. The second kappa shape index (κ2) is 7.35. The molecule has 31 heavy (non-hydrogen) atoms. The van der Waals surface area contributed by atoms with Gasteiger partial charge in [0.1, 0.15) is 16.2 Å². The first kappa shape index (κ1) is 20.8. The summed E-state index contributed by atoms with van der Waals surface area (Å²) in [5.74, 6) is -0.534. The zero-order valence-corrected chi connectivity index (χ0v) is 16.6. The third kappa shape index (κ3) is 4.22. The lowest BCUT2D eigenvalue weighted by molar-refractivity contribution is -0.275. The summed E-state index contributed by atoms with van der Waals surface area (Å²) in [7, 11) is -2.95. The van der Waals surface area contributed by atoms with Crippen LogP contribution in [-0.4, -0.2) is 41.4 Å². The summed E-state index contributed by atoms with van der Waals surface area (Å²) >= 11 is 0. The van der Waals surface area contributed by atoms with E-state index in [2.05, 4.69) is 19.7 Å². The van der Waals surface area contributed by atoms with Gasteiger partial charge in [-0.15, -0.1) is 13.2 Å². The van der Waals surface area contributed by atoms with E-state index in [0.717, 1.165) is 12.1 Å². The molecule has 162 valence electrons. The van der Waals surface area contributed by atoms with Gasteiger partial charge in [0, 0.05) is 18.0 Å². The second-order valence-electron chi connectivity index (χ2n) is 6.46. The number of sulfonamides is 1. The van der Waals surface area contributed by atoms with Crippen molar-refractivity contribution in [2.45, 2.75) is 17.8 Å². The Kier molecular flexibility index (Phi) is 4.94. The van der Waals surface area contributed by atoms with E-state index in [1.807, 2.05) is 0 Å². The van der Waals surface area contributed by atoms with Crippen LogP contribution in [-0.2, 0) is 16.6 Å². The summed E-state index contributed by atoms with van der Waals surface area (Å²) < 4.78 is 72.2. The van der Waals surface area contributed by atoms with Gasteiger partial charge in [-0.05, 0) is 23.8 Å². The highest BCUT2D eigenvalue weighted by Gasteiger charge is 2.33. The average Bonchev–Trinajstić information content (AvgIpc) is 3.08. The number of benzene rings is 1. The molecule has 0 saturated heterocycles. The molecule has 0 saturated carbocycles. The molecule has 0 aliphatic carbocycles. The van der Waals surface area contributed by atoms with E-state index >= 15 is 0 Å². The monoisotopic (exact) mass is 453 g/mol. The molecule has 9 nitrogen and oxygen atoms in total. The molecule has 0 fully saturated rings. The number of nitrogens with two attached hydrogens (primary N) is 1. The van der Waals surface area contributed by atoms with Crippen LogP contribution >= 0.6 is 0 Å². The highest BCUT2D eigenvalue weighted by molar-refractivity contribution is 7.89. The summed E-state index contributed by atoms with van der Waals surface area (Å²) in [4.78, 5) is 12.0. The van der Waals surface area contributed by atoms with E-state index in [-0.39, 0.29) is 6.54 Å². The van der Waals surface area contributed by atoms with E-state index < -0.39 is 27.0 Å². The van der Waals surface area contributed by atoms with Crippen LogP contribution in [0.4, 0.5) is 13.2 Å². The number of fused-ring (bicyclic) bond motifs is 3. The van der Waals surface area contributed by atoms with Gasteiger partial charge < -0.3 is 14.0 Å². The number of halogens is 3. The maximum Gasteiger partial charge on any atom is 0.573 e. The largest absolute Gasteiger partial charge is 0.573 e. The number of primary sulfonamides is 1. The van der Waals surface area contributed by atoms with Crippen LogP contribution in [0.5, 0.6) is 11.6 Å². The Morgan fingerprint density at radius 3 is 2.61 bits per heavy atom. The van der Waals surface area contributed by atoms with E-state index in [9.17, 15) is 21.6 Å². The van der Waals surface area contributed by atoms with Gasteiger partial charge in [0.15, 0.2) is 5.65 Å². The van der Waals surface area contributed by atoms with Crippen LogP contribution in [0, 0.1) is 0 Å². The molecule has 0 bridgehead atoms. The number of ether oxygens (including phenoxy) is 2. The maximum atomic E-state index is 12.8. The normalized spacial score (nSPS) is 12.4. The Hall–Kier alpha value is -3.45. The highest BCUT2D eigenvalue weighted by Crippen LogP contribution is 2.31. The zero-order chi connectivity index (χ0) is 22.4. The van der Waals surface area contributed by atoms with Gasteiger partial charge in [-0.2, -0.15) is 4.98 Å². The van der Waals surface area contributed by atoms with Crippen molar-refractivity contribution in [2.75, 3.05) is 7.11 Å². The van der Waals surface area contributed by atoms with Crippen LogP contribution in [0.1, 0.15) is 5.56 Å². The lowest BCUT2D eigenvalue weighted by Gasteiger charge is -2.14. The first-order valence-corrected chi connectivity index (χ1v) is 10.2.